The monoisotopic (exact) mass is 321 g/mol. The molecule has 2 aromatic rings. The average Bonchev–Trinajstić information content (AvgIpc) is 2.80. The van der Waals surface area contributed by atoms with E-state index in [1.807, 2.05) is 19.1 Å². The maximum Gasteiger partial charge on any atom is 0.305 e. The number of rotatable bonds is 5. The number of carbonyl (C=O) groups excluding carboxylic acids is 1. The van der Waals surface area contributed by atoms with E-state index in [2.05, 4.69) is 10.4 Å². The zero-order valence-corrected chi connectivity index (χ0v) is 13.0. The molecule has 1 aromatic heterocycles. The Labute approximate surface area is 132 Å². The summed E-state index contributed by atoms with van der Waals surface area (Å²) in [6.45, 7) is 3.44. The second-order valence-corrected chi connectivity index (χ2v) is 5.41. The van der Waals surface area contributed by atoms with E-state index in [0.717, 1.165) is 5.69 Å². The zero-order valence-electron chi connectivity index (χ0n) is 12.2. The van der Waals surface area contributed by atoms with Crippen LogP contribution >= 0.6 is 11.6 Å². The fraction of sp³-hybridized carbons (Fsp3) is 0.267. The molecule has 0 saturated heterocycles. The molecule has 22 heavy (non-hydrogen) atoms. The van der Waals surface area contributed by atoms with Gasteiger partial charge in [-0.25, -0.2) is 4.68 Å². The van der Waals surface area contributed by atoms with Crippen LogP contribution in [0.3, 0.4) is 0 Å². The Morgan fingerprint density at radius 3 is 2.73 bits per heavy atom. The van der Waals surface area contributed by atoms with E-state index < -0.39 is 17.9 Å². The van der Waals surface area contributed by atoms with Crippen LogP contribution < -0.4 is 5.32 Å². The number of carboxylic acids is 1. The van der Waals surface area contributed by atoms with E-state index in [9.17, 15) is 9.59 Å². The van der Waals surface area contributed by atoms with Crippen LogP contribution in [0.25, 0.3) is 5.69 Å². The molecule has 2 N–H and O–H groups in total. The number of halogens is 1. The fourth-order valence-electron chi connectivity index (χ4n) is 2.06. The molecular formula is C15H16ClN3O3. The van der Waals surface area contributed by atoms with Crippen molar-refractivity contribution in [1.82, 2.24) is 15.1 Å². The van der Waals surface area contributed by atoms with Gasteiger partial charge in [-0.05, 0) is 32.0 Å². The number of aliphatic carboxylic acids is 1. The Kier molecular flexibility index (Phi) is 4.82. The van der Waals surface area contributed by atoms with Crippen molar-refractivity contribution in [2.45, 2.75) is 26.3 Å². The predicted octanol–water partition coefficient (Wildman–Crippen LogP) is 2.43. The summed E-state index contributed by atoms with van der Waals surface area (Å²) in [6, 6.07) is 8.34. The van der Waals surface area contributed by atoms with Crippen molar-refractivity contribution < 1.29 is 14.7 Å². The molecular weight excluding hydrogens is 306 g/mol. The topological polar surface area (TPSA) is 84.2 Å². The molecule has 0 fully saturated rings. The van der Waals surface area contributed by atoms with Gasteiger partial charge in [0, 0.05) is 11.7 Å². The van der Waals surface area contributed by atoms with Crippen molar-refractivity contribution in [1.29, 1.82) is 0 Å². The lowest BCUT2D eigenvalue weighted by Gasteiger charge is -2.10. The van der Waals surface area contributed by atoms with E-state index in [4.69, 9.17) is 16.7 Å². The molecule has 7 heteroatoms. The van der Waals surface area contributed by atoms with E-state index in [1.165, 1.54) is 0 Å². The SMILES string of the molecule is Cc1cc(C(=O)NC(C)CC(=O)O)nn1-c1ccccc1Cl. The van der Waals surface area contributed by atoms with Crippen molar-refractivity contribution in [2.24, 2.45) is 0 Å². The first-order chi connectivity index (χ1) is 10.4. The molecule has 1 aromatic carbocycles. The third kappa shape index (κ3) is 3.65. The summed E-state index contributed by atoms with van der Waals surface area (Å²) in [5.41, 5.74) is 1.65. The number of aryl methyl sites for hydroxylation is 1. The van der Waals surface area contributed by atoms with Crippen LogP contribution in [-0.4, -0.2) is 32.8 Å². The van der Waals surface area contributed by atoms with Crippen LogP contribution in [0.4, 0.5) is 0 Å². The molecule has 0 spiro atoms. The summed E-state index contributed by atoms with van der Waals surface area (Å²) in [5.74, 6) is -1.38. The fourth-order valence-corrected chi connectivity index (χ4v) is 2.28. The Hall–Kier alpha value is -2.34. The maximum atomic E-state index is 12.1. The van der Waals surface area contributed by atoms with Crippen LogP contribution in [0.2, 0.25) is 5.02 Å². The number of para-hydroxylation sites is 1. The summed E-state index contributed by atoms with van der Waals surface area (Å²) in [5, 5.41) is 16.1. The lowest BCUT2D eigenvalue weighted by atomic mass is 10.2. The molecule has 1 unspecified atom stereocenters. The smallest absolute Gasteiger partial charge is 0.305 e. The molecule has 6 nitrogen and oxygen atoms in total. The number of hydrogen-bond donors (Lipinski definition) is 2. The summed E-state index contributed by atoms with van der Waals surface area (Å²) < 4.78 is 1.58. The summed E-state index contributed by atoms with van der Waals surface area (Å²) in [6.07, 6.45) is -0.143. The molecule has 1 heterocycles. The molecule has 1 atom stereocenters. The maximum absolute atomic E-state index is 12.1. The van der Waals surface area contributed by atoms with E-state index in [0.29, 0.717) is 10.7 Å². The van der Waals surface area contributed by atoms with Crippen molar-refractivity contribution in [3.63, 3.8) is 0 Å². The standard InChI is InChI=1S/C15H16ClN3O3/c1-9(7-14(20)21)17-15(22)12-8-10(2)19(18-12)13-6-4-3-5-11(13)16/h3-6,8-9H,7H2,1-2H3,(H,17,22)(H,20,21). The Morgan fingerprint density at radius 1 is 1.41 bits per heavy atom. The number of benzene rings is 1. The van der Waals surface area contributed by atoms with Gasteiger partial charge in [0.1, 0.15) is 0 Å². The largest absolute Gasteiger partial charge is 0.481 e. The quantitative estimate of drug-likeness (QED) is 0.885. The third-order valence-electron chi connectivity index (χ3n) is 3.06. The van der Waals surface area contributed by atoms with Gasteiger partial charge in [0.15, 0.2) is 5.69 Å². The molecule has 1 amide bonds. The molecule has 116 valence electrons. The van der Waals surface area contributed by atoms with Crippen molar-refractivity contribution >= 4 is 23.5 Å². The average molecular weight is 322 g/mol. The summed E-state index contributed by atoms with van der Waals surface area (Å²) in [7, 11) is 0. The number of hydrogen-bond acceptors (Lipinski definition) is 3. The van der Waals surface area contributed by atoms with E-state index in [-0.39, 0.29) is 12.1 Å². The zero-order chi connectivity index (χ0) is 16.3. The molecule has 0 bridgehead atoms. The van der Waals surface area contributed by atoms with Gasteiger partial charge in [0.25, 0.3) is 5.91 Å². The highest BCUT2D eigenvalue weighted by molar-refractivity contribution is 6.32. The molecule has 0 saturated carbocycles. The molecule has 2 rings (SSSR count). The van der Waals surface area contributed by atoms with Gasteiger partial charge in [-0.2, -0.15) is 5.10 Å². The second-order valence-electron chi connectivity index (χ2n) is 5.01. The lowest BCUT2D eigenvalue weighted by Crippen LogP contribution is -2.34. The van der Waals surface area contributed by atoms with Crippen LogP contribution in [-0.2, 0) is 4.79 Å². The van der Waals surface area contributed by atoms with Crippen LogP contribution in [0.1, 0.15) is 29.5 Å². The van der Waals surface area contributed by atoms with Crippen molar-refractivity contribution in [3.8, 4) is 5.69 Å². The van der Waals surface area contributed by atoms with Gasteiger partial charge >= 0.3 is 5.97 Å². The first-order valence-corrected chi connectivity index (χ1v) is 7.10. The highest BCUT2D eigenvalue weighted by Gasteiger charge is 2.17. The number of carboxylic acid groups (broad SMARTS) is 1. The van der Waals surface area contributed by atoms with Gasteiger partial charge in [-0.1, -0.05) is 23.7 Å². The van der Waals surface area contributed by atoms with Crippen LogP contribution in [0, 0.1) is 6.92 Å². The highest BCUT2D eigenvalue weighted by atomic mass is 35.5. The van der Waals surface area contributed by atoms with E-state index >= 15 is 0 Å². The summed E-state index contributed by atoms with van der Waals surface area (Å²) in [4.78, 5) is 22.7. The van der Waals surface area contributed by atoms with Crippen molar-refractivity contribution in [2.75, 3.05) is 0 Å². The molecule has 0 aliphatic heterocycles. The number of aromatic nitrogens is 2. The first-order valence-electron chi connectivity index (χ1n) is 6.72. The number of nitrogens with one attached hydrogen (secondary N) is 1. The Balaban J connectivity index is 2.21. The number of amides is 1. The summed E-state index contributed by atoms with van der Waals surface area (Å²) >= 11 is 6.13. The minimum absolute atomic E-state index is 0.143. The van der Waals surface area contributed by atoms with Gasteiger partial charge < -0.3 is 10.4 Å². The lowest BCUT2D eigenvalue weighted by molar-refractivity contribution is -0.137. The van der Waals surface area contributed by atoms with E-state index in [1.54, 1.807) is 29.8 Å². The third-order valence-corrected chi connectivity index (χ3v) is 3.38. The van der Waals surface area contributed by atoms with Crippen LogP contribution in [0.15, 0.2) is 30.3 Å². The van der Waals surface area contributed by atoms with Gasteiger partial charge in [0.05, 0.1) is 17.1 Å². The number of carbonyl (C=O) groups is 2. The van der Waals surface area contributed by atoms with Crippen molar-refractivity contribution in [3.05, 3.63) is 46.7 Å². The van der Waals surface area contributed by atoms with Gasteiger partial charge in [-0.15, -0.1) is 0 Å². The Morgan fingerprint density at radius 2 is 2.09 bits per heavy atom. The van der Waals surface area contributed by atoms with Gasteiger partial charge in [0.2, 0.25) is 0 Å². The molecule has 0 aliphatic rings. The second kappa shape index (κ2) is 6.62. The highest BCUT2D eigenvalue weighted by Crippen LogP contribution is 2.21. The minimum Gasteiger partial charge on any atom is -0.481 e. The van der Waals surface area contributed by atoms with Gasteiger partial charge in [-0.3, -0.25) is 9.59 Å². The molecule has 0 aliphatic carbocycles. The normalized spacial score (nSPS) is 12.0. The Bertz CT molecular complexity index is 712. The van der Waals surface area contributed by atoms with Crippen LogP contribution in [0.5, 0.6) is 0 Å². The predicted molar refractivity (Wildman–Crippen MR) is 82.5 cm³/mol. The molecule has 0 radical (unpaired) electrons. The first kappa shape index (κ1) is 16.0. The minimum atomic E-state index is -0.967. The number of nitrogens with zero attached hydrogens (tertiary/aromatic N) is 2.